The topological polar surface area (TPSA) is 67.9 Å². The van der Waals surface area contributed by atoms with E-state index in [2.05, 4.69) is 15.4 Å². The summed E-state index contributed by atoms with van der Waals surface area (Å²) < 4.78 is 19.4. The highest BCUT2D eigenvalue weighted by atomic mass is 127. The third-order valence-electron chi connectivity index (χ3n) is 2.27. The summed E-state index contributed by atoms with van der Waals surface area (Å²) in [4.78, 5) is 11.7. The number of aromatic amines is 1. The monoisotopic (exact) mass is 487 g/mol. The standard InChI is InChI=1S/C11H8FI2N3O2/c1-2-19-11(18)10-9(15-17-16-10)5-3-6(13)8(12)7(14)4-5/h3-4H,2H2,1H3,(H,15,16,17). The van der Waals surface area contributed by atoms with Gasteiger partial charge in [0.2, 0.25) is 0 Å². The molecular formula is C11H8FI2N3O2. The number of ether oxygens (including phenoxy) is 1. The highest BCUT2D eigenvalue weighted by Crippen LogP contribution is 2.27. The van der Waals surface area contributed by atoms with Crippen LogP contribution in [-0.2, 0) is 4.74 Å². The Labute approximate surface area is 135 Å². The van der Waals surface area contributed by atoms with Gasteiger partial charge in [-0.25, -0.2) is 9.18 Å². The Morgan fingerprint density at radius 1 is 1.37 bits per heavy atom. The van der Waals surface area contributed by atoms with Gasteiger partial charge in [0.1, 0.15) is 11.5 Å². The van der Waals surface area contributed by atoms with Gasteiger partial charge in [0.05, 0.1) is 13.7 Å². The van der Waals surface area contributed by atoms with Crippen molar-refractivity contribution in [3.8, 4) is 11.3 Å². The van der Waals surface area contributed by atoms with Crippen LogP contribution in [0.25, 0.3) is 11.3 Å². The SMILES string of the molecule is CCOC(=O)c1n[nH]nc1-c1cc(I)c(F)c(I)c1. The number of rotatable bonds is 3. The van der Waals surface area contributed by atoms with E-state index >= 15 is 0 Å². The molecule has 2 rings (SSSR count). The van der Waals surface area contributed by atoms with Crippen LogP contribution in [0.3, 0.4) is 0 Å². The molecule has 0 aliphatic carbocycles. The number of carbonyl (C=O) groups excluding carboxylic acids is 1. The molecule has 1 heterocycles. The first-order valence-corrected chi connectivity index (χ1v) is 7.43. The Hall–Kier alpha value is -0.780. The van der Waals surface area contributed by atoms with Gasteiger partial charge >= 0.3 is 5.97 Å². The Balaban J connectivity index is 2.49. The van der Waals surface area contributed by atoms with Crippen molar-refractivity contribution in [3.05, 3.63) is 30.8 Å². The number of halogens is 3. The first kappa shape index (κ1) is 14.6. The zero-order valence-electron chi connectivity index (χ0n) is 9.71. The summed E-state index contributed by atoms with van der Waals surface area (Å²) in [7, 11) is 0. The minimum absolute atomic E-state index is 0.0973. The number of nitrogens with one attached hydrogen (secondary N) is 1. The van der Waals surface area contributed by atoms with E-state index in [1.807, 2.05) is 45.2 Å². The molecule has 0 bridgehead atoms. The van der Waals surface area contributed by atoms with Crippen molar-refractivity contribution >= 4 is 51.2 Å². The number of benzene rings is 1. The Bertz CT molecular complexity index is 607. The molecule has 5 nitrogen and oxygen atoms in total. The van der Waals surface area contributed by atoms with Gasteiger partial charge in [0, 0.05) is 5.56 Å². The molecule has 2 aromatic rings. The molecule has 100 valence electrons. The van der Waals surface area contributed by atoms with E-state index in [9.17, 15) is 9.18 Å². The number of aromatic nitrogens is 3. The average molecular weight is 487 g/mol. The van der Waals surface area contributed by atoms with Gasteiger partial charge in [-0.05, 0) is 64.2 Å². The number of carbonyl (C=O) groups is 1. The molecule has 1 N–H and O–H groups in total. The van der Waals surface area contributed by atoms with E-state index in [0.29, 0.717) is 18.4 Å². The summed E-state index contributed by atoms with van der Waals surface area (Å²) in [5.41, 5.74) is 1.07. The first-order chi connectivity index (χ1) is 9.04. The minimum atomic E-state index is -0.555. The van der Waals surface area contributed by atoms with Crippen LogP contribution in [0.4, 0.5) is 4.39 Å². The zero-order valence-corrected chi connectivity index (χ0v) is 14.0. The lowest BCUT2D eigenvalue weighted by Crippen LogP contribution is -2.07. The lowest BCUT2D eigenvalue weighted by molar-refractivity contribution is 0.0520. The molecule has 0 spiro atoms. The summed E-state index contributed by atoms with van der Waals surface area (Å²) in [5, 5.41) is 10.1. The minimum Gasteiger partial charge on any atom is -0.461 e. The highest BCUT2D eigenvalue weighted by Gasteiger charge is 2.20. The van der Waals surface area contributed by atoms with Crippen LogP contribution in [0, 0.1) is 13.0 Å². The predicted molar refractivity (Wildman–Crippen MR) is 83.2 cm³/mol. The van der Waals surface area contributed by atoms with Crippen LogP contribution in [0.1, 0.15) is 17.4 Å². The molecule has 0 atom stereocenters. The Morgan fingerprint density at radius 3 is 2.58 bits per heavy atom. The van der Waals surface area contributed by atoms with Crippen molar-refractivity contribution in [2.45, 2.75) is 6.92 Å². The summed E-state index contributed by atoms with van der Waals surface area (Å²) in [5.74, 6) is -0.841. The molecule has 0 saturated carbocycles. The maximum atomic E-state index is 13.6. The molecule has 0 aliphatic rings. The van der Waals surface area contributed by atoms with Crippen LogP contribution in [0.15, 0.2) is 12.1 Å². The molecule has 0 unspecified atom stereocenters. The summed E-state index contributed by atoms with van der Waals surface area (Å²) >= 11 is 3.78. The fourth-order valence-electron chi connectivity index (χ4n) is 1.47. The number of hydrogen-bond donors (Lipinski definition) is 1. The van der Waals surface area contributed by atoms with Crippen molar-refractivity contribution in [1.29, 1.82) is 0 Å². The Morgan fingerprint density at radius 2 is 2.00 bits per heavy atom. The maximum absolute atomic E-state index is 13.6. The molecule has 0 aliphatic heterocycles. The summed E-state index contributed by atoms with van der Waals surface area (Å²) in [6, 6.07) is 3.22. The quantitative estimate of drug-likeness (QED) is 0.411. The van der Waals surface area contributed by atoms with Gasteiger partial charge in [-0.3, -0.25) is 0 Å². The molecule has 0 amide bonds. The van der Waals surface area contributed by atoms with E-state index in [-0.39, 0.29) is 18.1 Å². The molecule has 19 heavy (non-hydrogen) atoms. The van der Waals surface area contributed by atoms with Gasteiger partial charge in [0.15, 0.2) is 5.69 Å². The zero-order chi connectivity index (χ0) is 14.0. The second kappa shape index (κ2) is 6.11. The highest BCUT2D eigenvalue weighted by molar-refractivity contribution is 14.1. The van der Waals surface area contributed by atoms with Crippen LogP contribution in [0.5, 0.6) is 0 Å². The van der Waals surface area contributed by atoms with E-state index < -0.39 is 5.97 Å². The van der Waals surface area contributed by atoms with Crippen LogP contribution in [0.2, 0.25) is 0 Å². The molecule has 8 heteroatoms. The predicted octanol–water partition coefficient (Wildman–Crippen LogP) is 3.00. The lowest BCUT2D eigenvalue weighted by atomic mass is 10.1. The van der Waals surface area contributed by atoms with Gasteiger partial charge in [-0.15, -0.1) is 5.10 Å². The smallest absolute Gasteiger partial charge is 0.361 e. The molecule has 1 aromatic carbocycles. The average Bonchev–Trinajstić information content (AvgIpc) is 2.84. The second-order valence-electron chi connectivity index (χ2n) is 3.50. The van der Waals surface area contributed by atoms with Gasteiger partial charge < -0.3 is 4.74 Å². The van der Waals surface area contributed by atoms with E-state index in [1.54, 1.807) is 19.1 Å². The van der Waals surface area contributed by atoms with Gasteiger partial charge in [0.25, 0.3) is 0 Å². The maximum Gasteiger partial charge on any atom is 0.361 e. The third kappa shape index (κ3) is 3.04. The molecule has 0 radical (unpaired) electrons. The number of nitrogens with zero attached hydrogens (tertiary/aromatic N) is 2. The normalized spacial score (nSPS) is 10.5. The van der Waals surface area contributed by atoms with Crippen molar-refractivity contribution in [2.24, 2.45) is 0 Å². The number of H-pyrrole nitrogens is 1. The van der Waals surface area contributed by atoms with E-state index in [4.69, 9.17) is 4.74 Å². The van der Waals surface area contributed by atoms with Gasteiger partial charge in [-0.1, -0.05) is 0 Å². The Kier molecular flexibility index (Phi) is 4.71. The molecular weight excluding hydrogens is 479 g/mol. The lowest BCUT2D eigenvalue weighted by Gasteiger charge is -2.04. The third-order valence-corrected chi connectivity index (χ3v) is 3.84. The molecule has 0 saturated heterocycles. The fourth-order valence-corrected chi connectivity index (χ4v) is 3.23. The van der Waals surface area contributed by atoms with Crippen molar-refractivity contribution in [1.82, 2.24) is 15.4 Å². The van der Waals surface area contributed by atoms with E-state index in [1.165, 1.54) is 0 Å². The van der Waals surface area contributed by atoms with Crippen LogP contribution < -0.4 is 0 Å². The van der Waals surface area contributed by atoms with Gasteiger partial charge in [-0.2, -0.15) is 10.3 Å². The van der Waals surface area contributed by atoms with Crippen LogP contribution >= 0.6 is 45.2 Å². The fraction of sp³-hybridized carbons (Fsp3) is 0.182. The number of hydrogen-bond acceptors (Lipinski definition) is 4. The second-order valence-corrected chi connectivity index (χ2v) is 5.82. The van der Waals surface area contributed by atoms with Crippen molar-refractivity contribution in [2.75, 3.05) is 6.61 Å². The van der Waals surface area contributed by atoms with Crippen molar-refractivity contribution in [3.63, 3.8) is 0 Å². The summed E-state index contributed by atoms with van der Waals surface area (Å²) in [6.07, 6.45) is 0. The van der Waals surface area contributed by atoms with Crippen LogP contribution in [-0.4, -0.2) is 28.0 Å². The van der Waals surface area contributed by atoms with E-state index in [0.717, 1.165) is 0 Å². The summed E-state index contributed by atoms with van der Waals surface area (Å²) in [6.45, 7) is 1.96. The molecule has 1 aromatic heterocycles. The van der Waals surface area contributed by atoms with Crippen molar-refractivity contribution < 1.29 is 13.9 Å². The molecule has 0 fully saturated rings. The largest absolute Gasteiger partial charge is 0.461 e. The number of esters is 1. The first-order valence-electron chi connectivity index (χ1n) is 5.27.